The molecular formula is C15H15NO5S. The Balaban J connectivity index is 1.95. The molecule has 1 aromatic heterocycles. The Morgan fingerprint density at radius 3 is 2.82 bits per heavy atom. The lowest BCUT2D eigenvalue weighted by atomic mass is 10.2. The Hall–Kier alpha value is -2.28. The Morgan fingerprint density at radius 1 is 1.36 bits per heavy atom. The lowest BCUT2D eigenvalue weighted by Crippen LogP contribution is -2.25. The van der Waals surface area contributed by atoms with Crippen LogP contribution in [0.15, 0.2) is 34.7 Å². The van der Waals surface area contributed by atoms with Crippen LogP contribution in [0.4, 0.5) is 5.69 Å². The minimum absolute atomic E-state index is 0.0211. The van der Waals surface area contributed by atoms with Gasteiger partial charge in [-0.05, 0) is 24.6 Å². The number of hydrogen-bond donors (Lipinski definition) is 0. The van der Waals surface area contributed by atoms with Gasteiger partial charge < -0.3 is 9.15 Å². The summed E-state index contributed by atoms with van der Waals surface area (Å²) in [6.45, 7) is 1.77. The van der Waals surface area contributed by atoms with Crippen molar-refractivity contribution < 1.29 is 22.4 Å². The number of benzene rings is 1. The van der Waals surface area contributed by atoms with Crippen molar-refractivity contribution >= 4 is 21.7 Å². The van der Waals surface area contributed by atoms with Crippen molar-refractivity contribution in [3.05, 3.63) is 53.0 Å². The van der Waals surface area contributed by atoms with E-state index in [0.29, 0.717) is 17.0 Å². The third-order valence-corrected chi connectivity index (χ3v) is 5.25. The highest BCUT2D eigenvalue weighted by atomic mass is 32.2. The number of esters is 1. The summed E-state index contributed by atoms with van der Waals surface area (Å²) in [5.74, 6) is -0.0961. The van der Waals surface area contributed by atoms with Gasteiger partial charge in [-0.2, -0.15) is 0 Å². The molecule has 0 saturated heterocycles. The van der Waals surface area contributed by atoms with E-state index < -0.39 is 16.0 Å². The first-order chi connectivity index (χ1) is 10.4. The highest BCUT2D eigenvalue weighted by molar-refractivity contribution is 7.92. The molecule has 2 aromatic rings. The molecule has 1 aliphatic heterocycles. The fraction of sp³-hybridized carbons (Fsp3) is 0.267. The molecule has 0 amide bonds. The summed E-state index contributed by atoms with van der Waals surface area (Å²) in [5.41, 5.74) is 2.03. The first-order valence-corrected chi connectivity index (χ1v) is 8.29. The largest absolute Gasteiger partial charge is 0.463 e. The van der Waals surface area contributed by atoms with E-state index in [4.69, 9.17) is 4.42 Å². The van der Waals surface area contributed by atoms with Crippen LogP contribution in [0.5, 0.6) is 0 Å². The van der Waals surface area contributed by atoms with E-state index in [1.54, 1.807) is 31.2 Å². The Labute approximate surface area is 128 Å². The number of fused-ring (bicyclic) bond motifs is 1. The summed E-state index contributed by atoms with van der Waals surface area (Å²) >= 11 is 0. The van der Waals surface area contributed by atoms with Crippen molar-refractivity contribution in [1.29, 1.82) is 0 Å². The maximum atomic E-state index is 12.3. The molecule has 0 atom stereocenters. The molecule has 1 aliphatic rings. The summed E-state index contributed by atoms with van der Waals surface area (Å²) in [6.07, 6.45) is 0. The van der Waals surface area contributed by atoms with E-state index in [1.807, 2.05) is 6.07 Å². The summed E-state index contributed by atoms with van der Waals surface area (Å²) in [4.78, 5) is 11.6. The van der Waals surface area contributed by atoms with E-state index in [0.717, 1.165) is 5.56 Å². The summed E-state index contributed by atoms with van der Waals surface area (Å²) < 4.78 is 36.0. The smallest absolute Gasteiger partial charge is 0.374 e. The Kier molecular flexibility index (Phi) is 3.44. The average molecular weight is 321 g/mol. The van der Waals surface area contributed by atoms with E-state index in [9.17, 15) is 13.2 Å². The number of para-hydroxylation sites is 1. The zero-order valence-corrected chi connectivity index (χ0v) is 13.0. The van der Waals surface area contributed by atoms with Crippen LogP contribution >= 0.6 is 0 Å². The molecule has 0 bridgehead atoms. The van der Waals surface area contributed by atoms with Crippen LogP contribution in [-0.4, -0.2) is 21.5 Å². The number of methoxy groups -OCH3 is 1. The maximum Gasteiger partial charge on any atom is 0.374 e. The first kappa shape index (κ1) is 14.6. The molecule has 0 saturated carbocycles. The molecule has 0 radical (unpaired) electrons. The lowest BCUT2D eigenvalue weighted by Gasteiger charge is -2.16. The van der Waals surface area contributed by atoms with Crippen LogP contribution < -0.4 is 4.31 Å². The van der Waals surface area contributed by atoms with E-state index >= 15 is 0 Å². The number of nitrogens with zero attached hydrogens (tertiary/aromatic N) is 1. The number of aryl methyl sites for hydroxylation is 1. The second kappa shape index (κ2) is 5.17. The van der Waals surface area contributed by atoms with Crippen LogP contribution in [0.3, 0.4) is 0 Å². The normalized spacial score (nSPS) is 15.6. The van der Waals surface area contributed by atoms with Crippen molar-refractivity contribution in [3.63, 3.8) is 0 Å². The highest BCUT2D eigenvalue weighted by Gasteiger charge is 2.33. The molecule has 3 rings (SSSR count). The van der Waals surface area contributed by atoms with Crippen LogP contribution in [0.2, 0.25) is 0 Å². The molecule has 0 aliphatic carbocycles. The number of furan rings is 1. The topological polar surface area (TPSA) is 76.8 Å². The van der Waals surface area contributed by atoms with Crippen molar-refractivity contribution in [1.82, 2.24) is 0 Å². The summed E-state index contributed by atoms with van der Waals surface area (Å²) in [5, 5.41) is 0. The molecule has 2 heterocycles. The first-order valence-electron chi connectivity index (χ1n) is 6.68. The second-order valence-corrected chi connectivity index (χ2v) is 7.00. The monoisotopic (exact) mass is 321 g/mol. The molecule has 1 aromatic carbocycles. The molecule has 116 valence electrons. The summed E-state index contributed by atoms with van der Waals surface area (Å²) in [6, 6.07) is 8.81. The van der Waals surface area contributed by atoms with E-state index in [-0.39, 0.29) is 18.1 Å². The predicted octanol–water partition coefficient (Wildman–Crippen LogP) is 2.22. The summed E-state index contributed by atoms with van der Waals surface area (Å²) in [7, 11) is -2.15. The van der Waals surface area contributed by atoms with Gasteiger partial charge in [0, 0.05) is 5.56 Å². The molecule has 0 fully saturated rings. The Bertz CT molecular complexity index is 837. The van der Waals surface area contributed by atoms with Gasteiger partial charge in [0.2, 0.25) is 15.8 Å². The molecule has 0 N–H and O–H groups in total. The lowest BCUT2D eigenvalue weighted by molar-refractivity contribution is 0.0562. The van der Waals surface area contributed by atoms with E-state index in [1.165, 1.54) is 11.4 Å². The SMILES string of the molecule is COC(=O)c1oc(CN2c3ccccc3CS2(=O)=O)cc1C. The predicted molar refractivity (Wildman–Crippen MR) is 80.0 cm³/mol. The molecule has 0 spiro atoms. The van der Waals surface area contributed by atoms with Crippen molar-refractivity contribution in [3.8, 4) is 0 Å². The average Bonchev–Trinajstić information content (AvgIpc) is 2.96. The standard InChI is InChI=1S/C15H15NO5S/c1-10-7-12(21-14(10)15(17)20-2)8-16-13-6-4-3-5-11(13)9-22(16,18)19/h3-7H,8-9H2,1-2H3. The van der Waals surface area contributed by atoms with E-state index in [2.05, 4.69) is 4.74 Å². The minimum atomic E-state index is -3.42. The van der Waals surface area contributed by atoms with Gasteiger partial charge in [0.15, 0.2) is 0 Å². The van der Waals surface area contributed by atoms with Crippen LogP contribution in [0.25, 0.3) is 0 Å². The van der Waals surface area contributed by atoms with Gasteiger partial charge in [0.25, 0.3) is 0 Å². The number of hydrogen-bond acceptors (Lipinski definition) is 5. The third kappa shape index (κ3) is 2.37. The van der Waals surface area contributed by atoms with Crippen LogP contribution in [-0.2, 0) is 27.1 Å². The second-order valence-electron chi connectivity index (χ2n) is 5.11. The quantitative estimate of drug-likeness (QED) is 0.810. The number of anilines is 1. The van der Waals surface area contributed by atoms with Crippen molar-refractivity contribution in [2.75, 3.05) is 11.4 Å². The van der Waals surface area contributed by atoms with Gasteiger partial charge in [-0.1, -0.05) is 18.2 Å². The third-order valence-electron chi connectivity index (χ3n) is 3.57. The Morgan fingerprint density at radius 2 is 2.09 bits per heavy atom. The molecule has 22 heavy (non-hydrogen) atoms. The van der Waals surface area contributed by atoms with Crippen LogP contribution in [0.1, 0.15) is 27.4 Å². The van der Waals surface area contributed by atoms with Gasteiger partial charge in [0.1, 0.15) is 5.76 Å². The van der Waals surface area contributed by atoms with Gasteiger partial charge in [-0.15, -0.1) is 0 Å². The van der Waals surface area contributed by atoms with Gasteiger partial charge in [-0.25, -0.2) is 13.2 Å². The van der Waals surface area contributed by atoms with Gasteiger partial charge >= 0.3 is 5.97 Å². The van der Waals surface area contributed by atoms with Crippen molar-refractivity contribution in [2.24, 2.45) is 0 Å². The highest BCUT2D eigenvalue weighted by Crippen LogP contribution is 2.34. The molecule has 7 heteroatoms. The van der Waals surface area contributed by atoms with Gasteiger partial charge in [0.05, 0.1) is 25.1 Å². The number of sulfonamides is 1. The molecule has 0 unspecified atom stereocenters. The number of rotatable bonds is 3. The minimum Gasteiger partial charge on any atom is -0.463 e. The maximum absolute atomic E-state index is 12.3. The van der Waals surface area contributed by atoms with Crippen molar-refractivity contribution in [2.45, 2.75) is 19.2 Å². The number of carbonyl (C=O) groups excluding carboxylic acids is 1. The molecule has 6 nitrogen and oxygen atoms in total. The fourth-order valence-corrected chi connectivity index (χ4v) is 4.14. The zero-order chi connectivity index (χ0) is 15.9. The molecular weight excluding hydrogens is 306 g/mol. The van der Waals surface area contributed by atoms with Crippen LogP contribution in [0, 0.1) is 6.92 Å². The zero-order valence-electron chi connectivity index (χ0n) is 12.2. The van der Waals surface area contributed by atoms with Gasteiger partial charge in [-0.3, -0.25) is 4.31 Å². The number of carbonyl (C=O) groups is 1. The fourth-order valence-electron chi connectivity index (χ4n) is 2.55. The number of ether oxygens (including phenoxy) is 1.